The van der Waals surface area contributed by atoms with E-state index in [-0.39, 0.29) is 12.2 Å². The van der Waals surface area contributed by atoms with Crippen molar-refractivity contribution in [2.24, 2.45) is 7.05 Å². The number of ether oxygens (including phenoxy) is 3. The maximum atomic E-state index is 12.9. The Morgan fingerprint density at radius 2 is 1.61 bits per heavy atom. The normalized spacial score (nSPS) is 11.9. The maximum absolute atomic E-state index is 12.9. The zero-order valence-electron chi connectivity index (χ0n) is 20.7. The van der Waals surface area contributed by atoms with Crippen LogP contribution in [0.5, 0.6) is 17.2 Å². The second-order valence-electron chi connectivity index (χ2n) is 8.47. The molecular formula is C28H31N3O5. The predicted molar refractivity (Wildman–Crippen MR) is 140 cm³/mol. The standard InChI is InChI=1S/C28H31N3O5/c1-31-27(30-26-13-12-24(35-3)16-25(26)28(31)33)20-6-10-23(11-7-20)36-18-21(32)17-29-15-14-19-4-8-22(34-2)9-5-19/h4-13,16,21,29,32H,14-15,17-18H2,1-3H3. The Kier molecular flexibility index (Phi) is 8.20. The molecule has 3 aromatic carbocycles. The van der Waals surface area contributed by atoms with Crippen molar-refractivity contribution in [1.29, 1.82) is 0 Å². The highest BCUT2D eigenvalue weighted by Gasteiger charge is 2.12. The van der Waals surface area contributed by atoms with E-state index in [9.17, 15) is 9.90 Å². The van der Waals surface area contributed by atoms with E-state index < -0.39 is 6.10 Å². The number of aliphatic hydroxyl groups is 1. The van der Waals surface area contributed by atoms with Gasteiger partial charge in [0.1, 0.15) is 35.8 Å². The topological polar surface area (TPSA) is 94.8 Å². The molecule has 0 radical (unpaired) electrons. The van der Waals surface area contributed by atoms with Gasteiger partial charge in [0.05, 0.1) is 25.1 Å². The quantitative estimate of drug-likeness (QED) is 0.313. The number of rotatable bonds is 11. The van der Waals surface area contributed by atoms with Crippen LogP contribution < -0.4 is 25.1 Å². The van der Waals surface area contributed by atoms with Gasteiger partial charge in [0.15, 0.2) is 0 Å². The van der Waals surface area contributed by atoms with Gasteiger partial charge in [-0.1, -0.05) is 12.1 Å². The number of benzene rings is 3. The van der Waals surface area contributed by atoms with Crippen molar-refractivity contribution >= 4 is 10.9 Å². The monoisotopic (exact) mass is 489 g/mol. The third-order valence-corrected chi connectivity index (χ3v) is 5.97. The van der Waals surface area contributed by atoms with Gasteiger partial charge in [-0.3, -0.25) is 9.36 Å². The molecule has 1 atom stereocenters. The summed E-state index contributed by atoms with van der Waals surface area (Å²) in [7, 11) is 4.92. The Morgan fingerprint density at radius 1 is 0.944 bits per heavy atom. The molecule has 1 heterocycles. The lowest BCUT2D eigenvalue weighted by atomic mass is 10.1. The maximum Gasteiger partial charge on any atom is 0.261 e. The molecule has 0 spiro atoms. The molecule has 8 heteroatoms. The van der Waals surface area contributed by atoms with Crippen LogP contribution in [-0.2, 0) is 13.5 Å². The van der Waals surface area contributed by atoms with Gasteiger partial charge >= 0.3 is 0 Å². The van der Waals surface area contributed by atoms with E-state index >= 15 is 0 Å². The van der Waals surface area contributed by atoms with Crippen LogP contribution in [0.1, 0.15) is 5.56 Å². The lowest BCUT2D eigenvalue weighted by Gasteiger charge is -2.14. The molecule has 8 nitrogen and oxygen atoms in total. The van der Waals surface area contributed by atoms with Gasteiger partial charge in [0.2, 0.25) is 0 Å². The zero-order valence-corrected chi connectivity index (χ0v) is 20.7. The van der Waals surface area contributed by atoms with Crippen molar-refractivity contribution in [2.75, 3.05) is 33.9 Å². The van der Waals surface area contributed by atoms with Gasteiger partial charge in [0, 0.05) is 19.2 Å². The number of fused-ring (bicyclic) bond motifs is 1. The zero-order chi connectivity index (χ0) is 25.5. The third-order valence-electron chi connectivity index (χ3n) is 5.97. The van der Waals surface area contributed by atoms with Gasteiger partial charge in [-0.15, -0.1) is 0 Å². The number of hydrogen-bond acceptors (Lipinski definition) is 7. The molecule has 0 fully saturated rings. The second-order valence-corrected chi connectivity index (χ2v) is 8.47. The molecule has 0 aliphatic heterocycles. The van der Waals surface area contributed by atoms with Crippen LogP contribution in [0, 0.1) is 0 Å². The van der Waals surface area contributed by atoms with Crippen molar-refractivity contribution in [3.63, 3.8) is 0 Å². The predicted octanol–water partition coefficient (Wildman–Crippen LogP) is 3.19. The summed E-state index contributed by atoms with van der Waals surface area (Å²) in [6, 6.07) is 20.5. The van der Waals surface area contributed by atoms with Crippen LogP contribution in [0.25, 0.3) is 22.3 Å². The second kappa shape index (κ2) is 11.7. The molecule has 2 N–H and O–H groups in total. The summed E-state index contributed by atoms with van der Waals surface area (Å²) in [6.07, 6.45) is 0.221. The average Bonchev–Trinajstić information content (AvgIpc) is 2.92. The van der Waals surface area contributed by atoms with Gasteiger partial charge in [-0.25, -0.2) is 4.98 Å². The van der Waals surface area contributed by atoms with Crippen molar-refractivity contribution in [1.82, 2.24) is 14.9 Å². The first kappa shape index (κ1) is 25.2. The van der Waals surface area contributed by atoms with E-state index in [1.807, 2.05) is 48.5 Å². The molecule has 0 saturated heterocycles. The fourth-order valence-electron chi connectivity index (χ4n) is 3.88. The van der Waals surface area contributed by atoms with Gasteiger partial charge in [-0.2, -0.15) is 0 Å². The van der Waals surface area contributed by atoms with E-state index in [1.54, 1.807) is 39.5 Å². The number of nitrogens with zero attached hydrogens (tertiary/aromatic N) is 2. The Labute approximate surface area is 210 Å². The molecule has 4 rings (SSSR count). The van der Waals surface area contributed by atoms with Gasteiger partial charge < -0.3 is 24.6 Å². The van der Waals surface area contributed by atoms with Crippen LogP contribution in [0.2, 0.25) is 0 Å². The molecule has 1 aromatic heterocycles. The summed E-state index contributed by atoms with van der Waals surface area (Å²) in [5.74, 6) is 2.65. The summed E-state index contributed by atoms with van der Waals surface area (Å²) in [5, 5.41) is 14.0. The molecule has 0 aliphatic carbocycles. The van der Waals surface area contributed by atoms with E-state index in [4.69, 9.17) is 14.2 Å². The Balaban J connectivity index is 1.30. The number of methoxy groups -OCH3 is 2. The Bertz CT molecular complexity index is 1350. The first-order valence-electron chi connectivity index (χ1n) is 11.8. The summed E-state index contributed by atoms with van der Waals surface area (Å²) in [5.41, 5.74) is 2.46. The number of aliphatic hydroxyl groups excluding tert-OH is 1. The summed E-state index contributed by atoms with van der Waals surface area (Å²) >= 11 is 0. The Hall–Kier alpha value is -3.88. The first-order valence-corrected chi connectivity index (χ1v) is 11.8. The highest BCUT2D eigenvalue weighted by molar-refractivity contribution is 5.81. The summed E-state index contributed by atoms with van der Waals surface area (Å²) in [4.78, 5) is 17.5. The van der Waals surface area contributed by atoms with Crippen LogP contribution in [0.4, 0.5) is 0 Å². The summed E-state index contributed by atoms with van der Waals surface area (Å²) in [6.45, 7) is 1.36. The lowest BCUT2D eigenvalue weighted by Crippen LogP contribution is -2.32. The number of hydrogen-bond donors (Lipinski definition) is 2. The fraction of sp³-hybridized carbons (Fsp3) is 0.286. The van der Waals surface area contributed by atoms with Crippen molar-refractivity contribution < 1.29 is 19.3 Å². The van der Waals surface area contributed by atoms with E-state index in [0.717, 1.165) is 24.3 Å². The highest BCUT2D eigenvalue weighted by Crippen LogP contribution is 2.23. The van der Waals surface area contributed by atoms with Crippen LogP contribution in [0.3, 0.4) is 0 Å². The molecule has 0 aliphatic rings. The molecule has 4 aromatic rings. The largest absolute Gasteiger partial charge is 0.497 e. The van der Waals surface area contributed by atoms with Gasteiger partial charge in [0.25, 0.3) is 5.56 Å². The van der Waals surface area contributed by atoms with Crippen molar-refractivity contribution in [2.45, 2.75) is 12.5 Å². The van der Waals surface area contributed by atoms with E-state index in [2.05, 4.69) is 10.3 Å². The molecule has 0 bridgehead atoms. The van der Waals surface area contributed by atoms with Crippen LogP contribution >= 0.6 is 0 Å². The number of nitrogens with one attached hydrogen (secondary N) is 1. The van der Waals surface area contributed by atoms with Crippen LogP contribution in [0.15, 0.2) is 71.5 Å². The molecule has 188 valence electrons. The molecular weight excluding hydrogens is 458 g/mol. The highest BCUT2D eigenvalue weighted by atomic mass is 16.5. The average molecular weight is 490 g/mol. The minimum absolute atomic E-state index is 0.142. The molecule has 1 unspecified atom stereocenters. The summed E-state index contributed by atoms with van der Waals surface area (Å²) < 4.78 is 17.7. The minimum atomic E-state index is -0.638. The van der Waals surface area contributed by atoms with Crippen LogP contribution in [-0.4, -0.2) is 54.7 Å². The van der Waals surface area contributed by atoms with Gasteiger partial charge in [-0.05, 0) is 73.1 Å². The van der Waals surface area contributed by atoms with E-state index in [1.165, 1.54) is 10.1 Å². The number of aromatic nitrogens is 2. The fourth-order valence-corrected chi connectivity index (χ4v) is 3.88. The molecule has 0 amide bonds. The smallest absolute Gasteiger partial charge is 0.261 e. The Morgan fingerprint density at radius 3 is 2.31 bits per heavy atom. The third kappa shape index (κ3) is 6.02. The minimum Gasteiger partial charge on any atom is -0.497 e. The van der Waals surface area contributed by atoms with Crippen molar-refractivity contribution in [3.8, 4) is 28.6 Å². The molecule has 0 saturated carbocycles. The molecule has 36 heavy (non-hydrogen) atoms. The lowest BCUT2D eigenvalue weighted by molar-refractivity contribution is 0.106. The SMILES string of the molecule is COc1ccc(CCNCC(O)COc2ccc(-c3nc4ccc(OC)cc4c(=O)n3C)cc2)cc1. The van der Waals surface area contributed by atoms with E-state index in [0.29, 0.717) is 34.8 Å². The first-order chi connectivity index (χ1) is 17.5. The van der Waals surface area contributed by atoms with Crippen molar-refractivity contribution in [3.05, 3.63) is 82.6 Å².